The molecule has 4 heavy (non-hydrogen) atoms. The van der Waals surface area contributed by atoms with E-state index in [2.05, 4.69) is 0 Å². The van der Waals surface area contributed by atoms with Gasteiger partial charge >= 0.3 is 0 Å². The summed E-state index contributed by atoms with van der Waals surface area (Å²) in [6, 6.07) is 0. The van der Waals surface area contributed by atoms with Crippen LogP contribution in [0, 0.1) is 0 Å². The molecule has 0 bridgehead atoms. The van der Waals surface area contributed by atoms with Crippen molar-refractivity contribution in [1.29, 1.82) is 0 Å². The third-order valence-electron chi connectivity index (χ3n) is 0. The normalized spacial score (nSPS) is 0. The van der Waals surface area contributed by atoms with Crippen molar-refractivity contribution in [1.82, 2.24) is 0 Å². The fourth-order valence-electron chi connectivity index (χ4n) is 0. The summed E-state index contributed by atoms with van der Waals surface area (Å²) >= 11 is 0. The molecule has 0 rings (SSSR count). The molecule has 0 N–H and O–H groups in total. The smallest absolute Gasteiger partial charge is 0 e. The standard InChI is InChI=1S/Au.2Cr.Cu. The van der Waals surface area contributed by atoms with E-state index in [1.54, 1.807) is 0 Å². The van der Waals surface area contributed by atoms with Gasteiger partial charge in [-0.15, -0.1) is 0 Å². The molecule has 0 unspecified atom stereocenters. The largest absolute Gasteiger partial charge is 0 e. The van der Waals surface area contributed by atoms with Crippen molar-refractivity contribution in [3.05, 3.63) is 0 Å². The maximum atomic E-state index is 0. The topological polar surface area (TPSA) is 0 Å². The van der Waals surface area contributed by atoms with E-state index in [9.17, 15) is 0 Å². The van der Waals surface area contributed by atoms with Crippen molar-refractivity contribution in [3.63, 3.8) is 0 Å². The van der Waals surface area contributed by atoms with Gasteiger partial charge in [0.05, 0.1) is 0 Å². The van der Waals surface area contributed by atoms with E-state index < -0.39 is 0 Å². The molecule has 0 aliphatic carbocycles. The summed E-state index contributed by atoms with van der Waals surface area (Å²) in [5.74, 6) is 0. The predicted molar refractivity (Wildman–Crippen MR) is 0 cm³/mol. The average molecular weight is 365 g/mol. The molecule has 0 aromatic carbocycles. The molecular weight excluding hydrogens is 365 g/mol. The van der Waals surface area contributed by atoms with Crippen LogP contribution >= 0.6 is 0 Å². The molecule has 0 nitrogen and oxygen atoms in total. The van der Waals surface area contributed by atoms with E-state index in [0.29, 0.717) is 0 Å². The van der Waals surface area contributed by atoms with Crippen molar-refractivity contribution in [2.75, 3.05) is 0 Å². The summed E-state index contributed by atoms with van der Waals surface area (Å²) in [6.45, 7) is 0. The molecule has 2 radical (unpaired) electrons. The summed E-state index contributed by atoms with van der Waals surface area (Å²) in [7, 11) is 0. The van der Waals surface area contributed by atoms with Crippen LogP contribution in [-0.4, -0.2) is 0 Å². The maximum Gasteiger partial charge on any atom is 0 e. The maximum absolute atomic E-state index is 0. The van der Waals surface area contributed by atoms with Crippen molar-refractivity contribution >= 4 is 0 Å². The summed E-state index contributed by atoms with van der Waals surface area (Å²) in [5.41, 5.74) is 0. The van der Waals surface area contributed by atoms with Crippen molar-refractivity contribution in [2.45, 2.75) is 0 Å². The zero-order chi connectivity index (χ0) is 0. The Morgan fingerprint density at radius 1 is 0.750 bits per heavy atom. The van der Waals surface area contributed by atoms with Gasteiger partial charge in [-0.2, -0.15) is 0 Å². The molecule has 0 aliphatic rings. The molecule has 0 spiro atoms. The third-order valence-corrected chi connectivity index (χ3v) is 0. The molecule has 0 saturated heterocycles. The molecule has 34 valence electrons. The SMILES string of the molecule is [Au].[Cr].[Cr].[Cu]. The first-order valence-corrected chi connectivity index (χ1v) is 0. The Morgan fingerprint density at radius 2 is 0.750 bits per heavy atom. The van der Waals surface area contributed by atoms with Crippen LogP contribution in [0.25, 0.3) is 0 Å². The summed E-state index contributed by atoms with van der Waals surface area (Å²) in [4.78, 5) is 0. The van der Waals surface area contributed by atoms with Crippen LogP contribution < -0.4 is 0 Å². The van der Waals surface area contributed by atoms with Gasteiger partial charge in [-0.25, -0.2) is 0 Å². The van der Waals surface area contributed by atoms with E-state index in [1.165, 1.54) is 0 Å². The zero-order valence-electron chi connectivity index (χ0n) is 1.42. The molecule has 0 fully saturated rings. The molecule has 0 atom stereocenters. The first kappa shape index (κ1) is 33.2. The minimum atomic E-state index is 0. The fourth-order valence-corrected chi connectivity index (χ4v) is 0. The van der Waals surface area contributed by atoms with E-state index >= 15 is 0 Å². The van der Waals surface area contributed by atoms with Crippen LogP contribution in [0.5, 0.6) is 0 Å². The minimum Gasteiger partial charge on any atom is 0 e. The third kappa shape index (κ3) is 8.85. The Hall–Kier alpha value is 2.32. The van der Waals surface area contributed by atoms with Gasteiger partial charge in [0.1, 0.15) is 0 Å². The van der Waals surface area contributed by atoms with Crippen molar-refractivity contribution < 1.29 is 74.2 Å². The molecule has 0 aromatic heterocycles. The number of rotatable bonds is 0. The van der Waals surface area contributed by atoms with Gasteiger partial charge in [0, 0.05) is 74.2 Å². The molecule has 0 heterocycles. The Kier molecular flexibility index (Phi) is 153. The second-order valence-electron chi connectivity index (χ2n) is 0. The molecule has 0 aliphatic heterocycles. The predicted octanol–water partition coefficient (Wildman–Crippen LogP) is -0.0100. The van der Waals surface area contributed by atoms with E-state index in [4.69, 9.17) is 0 Å². The van der Waals surface area contributed by atoms with Gasteiger partial charge in [0.15, 0.2) is 0 Å². The van der Waals surface area contributed by atoms with Crippen molar-refractivity contribution in [3.8, 4) is 0 Å². The van der Waals surface area contributed by atoms with Crippen LogP contribution in [0.2, 0.25) is 0 Å². The van der Waals surface area contributed by atoms with Crippen molar-refractivity contribution in [2.24, 2.45) is 0 Å². The average Bonchev–Trinajstić information content (AvgIpc) is 0. The monoisotopic (exact) mass is 364 g/mol. The second kappa shape index (κ2) is 18.4. The zero-order valence-corrected chi connectivity index (χ0v) is 7.08. The summed E-state index contributed by atoms with van der Waals surface area (Å²) in [5, 5.41) is 0. The Bertz CT molecular complexity index is 6.00. The molecular formula is AuCr2Cu. The van der Waals surface area contributed by atoms with Gasteiger partial charge < -0.3 is 0 Å². The number of hydrogen-bond donors (Lipinski definition) is 0. The summed E-state index contributed by atoms with van der Waals surface area (Å²) in [6.07, 6.45) is 0. The Labute approximate surface area is 73.3 Å². The van der Waals surface area contributed by atoms with Crippen LogP contribution in [0.1, 0.15) is 0 Å². The second-order valence-corrected chi connectivity index (χ2v) is 0. The molecule has 0 aromatic rings. The van der Waals surface area contributed by atoms with Gasteiger partial charge in [0.2, 0.25) is 0 Å². The first-order chi connectivity index (χ1) is 0. The minimum absolute atomic E-state index is 0. The van der Waals surface area contributed by atoms with Crippen LogP contribution in [0.15, 0.2) is 0 Å². The molecule has 0 amide bonds. The van der Waals surface area contributed by atoms with E-state index in [-0.39, 0.29) is 74.2 Å². The summed E-state index contributed by atoms with van der Waals surface area (Å²) < 4.78 is 0. The van der Waals surface area contributed by atoms with Gasteiger partial charge in [-0.3, -0.25) is 0 Å². The fraction of sp³-hybridized carbons (Fsp3) is 0. The van der Waals surface area contributed by atoms with Crippen LogP contribution in [-0.2, 0) is 74.2 Å². The van der Waals surface area contributed by atoms with Gasteiger partial charge in [-0.1, -0.05) is 0 Å². The van der Waals surface area contributed by atoms with Crippen LogP contribution in [0.3, 0.4) is 0 Å². The van der Waals surface area contributed by atoms with E-state index in [1.807, 2.05) is 0 Å². The quantitative estimate of drug-likeness (QED) is 0.531. The Balaban J connectivity index is 0. The van der Waals surface area contributed by atoms with Crippen LogP contribution in [0.4, 0.5) is 0 Å². The molecule has 4 heteroatoms. The van der Waals surface area contributed by atoms with Gasteiger partial charge in [0.25, 0.3) is 0 Å². The van der Waals surface area contributed by atoms with E-state index in [0.717, 1.165) is 0 Å². The van der Waals surface area contributed by atoms with Gasteiger partial charge in [-0.05, 0) is 0 Å². The Morgan fingerprint density at radius 3 is 0.750 bits per heavy atom. The number of hydrogen-bond acceptors (Lipinski definition) is 0. The first-order valence-electron chi connectivity index (χ1n) is 0. The molecule has 0 saturated carbocycles.